The average molecular weight is 506 g/mol. The smallest absolute Gasteiger partial charge is 0.251 e. The molecule has 4 rings (SSSR count). The first-order valence-corrected chi connectivity index (χ1v) is 13.1. The van der Waals surface area contributed by atoms with Gasteiger partial charge in [-0.15, -0.1) is 0 Å². The van der Waals surface area contributed by atoms with Crippen LogP contribution in [0.4, 0.5) is 10.1 Å². The van der Waals surface area contributed by atoms with E-state index < -0.39 is 0 Å². The lowest BCUT2D eigenvalue weighted by Gasteiger charge is -2.32. The van der Waals surface area contributed by atoms with Crippen LogP contribution < -0.4 is 10.6 Å². The summed E-state index contributed by atoms with van der Waals surface area (Å²) in [6.07, 6.45) is 2.10. The van der Waals surface area contributed by atoms with Gasteiger partial charge >= 0.3 is 0 Å². The lowest BCUT2D eigenvalue weighted by molar-refractivity contribution is -0.114. The molecule has 0 atom stereocenters. The zero-order valence-electron chi connectivity index (χ0n) is 20.7. The molecule has 1 fully saturated rings. The fraction of sp³-hybridized carbons (Fsp3) is 0.310. The number of halogens is 1. The molecule has 0 aliphatic carbocycles. The maximum atomic E-state index is 13.2. The number of hydrogen-bond acceptors (Lipinski definition) is 4. The van der Waals surface area contributed by atoms with E-state index in [2.05, 4.69) is 46.7 Å². The Kier molecular flexibility index (Phi) is 8.78. The molecule has 0 saturated carbocycles. The van der Waals surface area contributed by atoms with Crippen molar-refractivity contribution >= 4 is 29.3 Å². The Morgan fingerprint density at radius 3 is 2.36 bits per heavy atom. The van der Waals surface area contributed by atoms with Crippen molar-refractivity contribution in [2.45, 2.75) is 43.0 Å². The molecule has 1 saturated heterocycles. The van der Waals surface area contributed by atoms with E-state index in [0.717, 1.165) is 42.3 Å². The van der Waals surface area contributed by atoms with E-state index in [4.69, 9.17) is 0 Å². The third kappa shape index (κ3) is 7.42. The van der Waals surface area contributed by atoms with Gasteiger partial charge in [-0.1, -0.05) is 41.6 Å². The van der Waals surface area contributed by atoms with Crippen LogP contribution in [0.3, 0.4) is 0 Å². The van der Waals surface area contributed by atoms with Gasteiger partial charge < -0.3 is 10.6 Å². The molecule has 0 bridgehead atoms. The van der Waals surface area contributed by atoms with Crippen LogP contribution in [0, 0.1) is 18.7 Å². The Balaban J connectivity index is 1.31. The molecule has 2 N–H and O–H groups in total. The van der Waals surface area contributed by atoms with Gasteiger partial charge in [0, 0.05) is 35.4 Å². The van der Waals surface area contributed by atoms with Gasteiger partial charge in [0.25, 0.3) is 5.91 Å². The third-order valence-electron chi connectivity index (χ3n) is 6.38. The van der Waals surface area contributed by atoms with E-state index in [1.807, 2.05) is 6.07 Å². The van der Waals surface area contributed by atoms with E-state index in [-0.39, 0.29) is 17.6 Å². The number of benzene rings is 3. The topological polar surface area (TPSA) is 61.4 Å². The van der Waals surface area contributed by atoms with E-state index in [1.165, 1.54) is 41.9 Å². The normalized spacial score (nSPS) is 14.4. The minimum Gasteiger partial charge on any atom is -0.352 e. The van der Waals surface area contributed by atoms with Crippen LogP contribution in [-0.2, 0) is 11.3 Å². The Hall–Kier alpha value is -3.16. The van der Waals surface area contributed by atoms with Crippen molar-refractivity contribution in [3.05, 3.63) is 89.2 Å². The van der Waals surface area contributed by atoms with E-state index in [9.17, 15) is 14.0 Å². The van der Waals surface area contributed by atoms with Crippen molar-refractivity contribution in [3.63, 3.8) is 0 Å². The summed E-state index contributed by atoms with van der Waals surface area (Å²) in [5, 5.41) is 5.89. The molecule has 2 amide bonds. The number of piperidine rings is 1. The van der Waals surface area contributed by atoms with Crippen molar-refractivity contribution in [1.29, 1.82) is 0 Å². The second-order valence-electron chi connectivity index (χ2n) is 9.36. The second kappa shape index (κ2) is 12.2. The number of amides is 2. The molecule has 0 aromatic heterocycles. The summed E-state index contributed by atoms with van der Waals surface area (Å²) >= 11 is 1.40. The van der Waals surface area contributed by atoms with Crippen molar-refractivity contribution < 1.29 is 14.0 Å². The van der Waals surface area contributed by atoms with Gasteiger partial charge in [0.15, 0.2) is 0 Å². The highest BCUT2D eigenvalue weighted by Gasteiger charge is 2.20. The SMILES string of the molecule is CC(=O)Nc1cc(C(=O)NCC2CCN(Cc3ccc(C)cc3)CC2)ccc1Sc1ccc(F)cc1. The summed E-state index contributed by atoms with van der Waals surface area (Å²) in [6.45, 7) is 7.19. The summed E-state index contributed by atoms with van der Waals surface area (Å²) in [6, 6.07) is 20.1. The summed E-state index contributed by atoms with van der Waals surface area (Å²) in [7, 11) is 0. The number of carbonyl (C=O) groups is 2. The lowest BCUT2D eigenvalue weighted by Crippen LogP contribution is -2.38. The molecule has 1 aliphatic rings. The summed E-state index contributed by atoms with van der Waals surface area (Å²) in [5.41, 5.74) is 3.68. The molecule has 5 nitrogen and oxygen atoms in total. The van der Waals surface area contributed by atoms with Gasteiger partial charge in [-0.2, -0.15) is 0 Å². The summed E-state index contributed by atoms with van der Waals surface area (Å²) in [5.74, 6) is -0.218. The van der Waals surface area contributed by atoms with Crippen LogP contribution in [0.1, 0.15) is 41.3 Å². The number of anilines is 1. The Labute approximate surface area is 216 Å². The highest BCUT2D eigenvalue weighted by atomic mass is 32.2. The predicted octanol–water partition coefficient (Wildman–Crippen LogP) is 5.89. The van der Waals surface area contributed by atoms with Crippen LogP contribution >= 0.6 is 11.8 Å². The predicted molar refractivity (Wildman–Crippen MR) is 143 cm³/mol. The number of nitrogens with one attached hydrogen (secondary N) is 2. The monoisotopic (exact) mass is 505 g/mol. The number of hydrogen-bond donors (Lipinski definition) is 2. The number of rotatable bonds is 8. The molecule has 3 aromatic rings. The fourth-order valence-corrected chi connectivity index (χ4v) is 5.20. The van der Waals surface area contributed by atoms with Crippen molar-refractivity contribution in [2.24, 2.45) is 5.92 Å². The zero-order chi connectivity index (χ0) is 25.5. The largest absolute Gasteiger partial charge is 0.352 e. The molecule has 0 spiro atoms. The van der Waals surface area contributed by atoms with Crippen molar-refractivity contribution in [3.8, 4) is 0 Å². The fourth-order valence-electron chi connectivity index (χ4n) is 4.32. The van der Waals surface area contributed by atoms with Crippen LogP contribution in [0.2, 0.25) is 0 Å². The van der Waals surface area contributed by atoms with E-state index in [1.54, 1.807) is 24.3 Å². The number of aryl methyl sites for hydroxylation is 1. The summed E-state index contributed by atoms with van der Waals surface area (Å²) in [4.78, 5) is 28.7. The summed E-state index contributed by atoms with van der Waals surface area (Å²) < 4.78 is 13.2. The van der Waals surface area contributed by atoms with Gasteiger partial charge in [-0.05, 0) is 86.8 Å². The Morgan fingerprint density at radius 1 is 1.00 bits per heavy atom. The first-order valence-electron chi connectivity index (χ1n) is 12.3. The van der Waals surface area contributed by atoms with Gasteiger partial charge in [-0.25, -0.2) is 4.39 Å². The zero-order valence-corrected chi connectivity index (χ0v) is 21.5. The first-order chi connectivity index (χ1) is 17.4. The maximum absolute atomic E-state index is 13.2. The van der Waals surface area contributed by atoms with Crippen LogP contribution in [0.15, 0.2) is 76.5 Å². The van der Waals surface area contributed by atoms with E-state index in [0.29, 0.717) is 23.7 Å². The molecule has 1 aliphatic heterocycles. The molecular formula is C29H32FN3O2S. The van der Waals surface area contributed by atoms with Crippen molar-refractivity contribution in [2.75, 3.05) is 25.0 Å². The highest BCUT2D eigenvalue weighted by molar-refractivity contribution is 7.99. The molecule has 0 unspecified atom stereocenters. The molecular weight excluding hydrogens is 473 g/mol. The molecule has 0 radical (unpaired) electrons. The van der Waals surface area contributed by atoms with Crippen LogP contribution in [0.5, 0.6) is 0 Å². The Morgan fingerprint density at radius 2 is 1.69 bits per heavy atom. The van der Waals surface area contributed by atoms with E-state index >= 15 is 0 Å². The second-order valence-corrected chi connectivity index (χ2v) is 10.5. The molecule has 188 valence electrons. The third-order valence-corrected chi connectivity index (χ3v) is 7.46. The quantitative estimate of drug-likeness (QED) is 0.401. The minimum atomic E-state index is -0.301. The van der Waals surface area contributed by atoms with Gasteiger partial charge in [0.05, 0.1) is 5.69 Å². The van der Waals surface area contributed by atoms with Crippen LogP contribution in [-0.4, -0.2) is 36.3 Å². The number of carbonyl (C=O) groups excluding carboxylic acids is 2. The van der Waals surface area contributed by atoms with Crippen molar-refractivity contribution in [1.82, 2.24) is 10.2 Å². The highest BCUT2D eigenvalue weighted by Crippen LogP contribution is 2.34. The first kappa shape index (κ1) is 25.9. The Bertz CT molecular complexity index is 1190. The number of nitrogens with zero attached hydrogens (tertiary/aromatic N) is 1. The molecule has 36 heavy (non-hydrogen) atoms. The molecule has 1 heterocycles. The maximum Gasteiger partial charge on any atom is 0.251 e. The molecule has 7 heteroatoms. The minimum absolute atomic E-state index is 0.151. The number of likely N-dealkylation sites (tertiary alicyclic amines) is 1. The lowest BCUT2D eigenvalue weighted by atomic mass is 9.96. The average Bonchev–Trinajstić information content (AvgIpc) is 2.87. The van der Waals surface area contributed by atoms with Gasteiger partial charge in [0.1, 0.15) is 5.82 Å². The van der Waals surface area contributed by atoms with Gasteiger partial charge in [0.2, 0.25) is 5.91 Å². The molecule has 3 aromatic carbocycles. The van der Waals surface area contributed by atoms with Gasteiger partial charge in [-0.3, -0.25) is 14.5 Å². The standard InChI is InChI=1S/C29H32FN3O2S/c1-20-3-5-23(6-4-20)19-33-15-13-22(14-16-33)18-31-29(35)24-7-12-28(27(17-24)32-21(2)34)36-26-10-8-25(30)9-11-26/h3-12,17,22H,13-16,18-19H2,1-2H3,(H,31,35)(H,32,34). The van der Waals surface area contributed by atoms with Crippen LogP contribution in [0.25, 0.3) is 0 Å².